The van der Waals surface area contributed by atoms with Crippen LogP contribution in [0, 0.1) is 11.8 Å². The quantitative estimate of drug-likeness (QED) is 0.673. The van der Waals surface area contributed by atoms with Crippen LogP contribution in [0.4, 0.5) is 26.3 Å². The molecule has 1 aromatic carbocycles. The minimum absolute atomic E-state index is 0.0308. The van der Waals surface area contributed by atoms with E-state index in [0.717, 1.165) is 12.1 Å². The average molecular weight is 395 g/mol. The standard InChI is InChI=1S/C19H23F6NO/c1-17(2,13-6-4-8-15(10-13)19(23,24)25)11-26-16(27)12-5-3-7-14(9-12)18(20,21)22/h4,6,8,10,12,14H,3,5,7,9,11H2,1-2H3,(H,26,27). The summed E-state index contributed by atoms with van der Waals surface area (Å²) >= 11 is 0. The number of hydrogen-bond donors (Lipinski definition) is 1. The molecule has 1 N–H and O–H groups in total. The van der Waals surface area contributed by atoms with E-state index in [-0.39, 0.29) is 19.4 Å². The number of carbonyl (C=O) groups is 1. The van der Waals surface area contributed by atoms with Gasteiger partial charge in [-0.15, -0.1) is 0 Å². The van der Waals surface area contributed by atoms with Crippen molar-refractivity contribution in [2.75, 3.05) is 6.54 Å². The van der Waals surface area contributed by atoms with Gasteiger partial charge in [-0.2, -0.15) is 26.3 Å². The lowest BCUT2D eigenvalue weighted by atomic mass is 9.80. The largest absolute Gasteiger partial charge is 0.416 e. The van der Waals surface area contributed by atoms with E-state index in [1.165, 1.54) is 6.07 Å². The summed E-state index contributed by atoms with van der Waals surface area (Å²) in [5.74, 6) is -2.66. The Bertz CT molecular complexity index is 665. The Hall–Kier alpha value is -1.73. The van der Waals surface area contributed by atoms with Crippen molar-refractivity contribution in [3.63, 3.8) is 0 Å². The number of benzene rings is 1. The summed E-state index contributed by atoms with van der Waals surface area (Å²) < 4.78 is 77.3. The molecule has 27 heavy (non-hydrogen) atoms. The SMILES string of the molecule is CC(C)(CNC(=O)C1CCCC(C(F)(F)F)C1)c1cccc(C(F)(F)F)c1. The molecule has 2 rings (SSSR count). The molecule has 1 amide bonds. The topological polar surface area (TPSA) is 29.1 Å². The molecule has 2 atom stereocenters. The predicted octanol–water partition coefficient (Wildman–Crippen LogP) is 5.47. The Morgan fingerprint density at radius 1 is 1.07 bits per heavy atom. The molecule has 1 aromatic rings. The molecular formula is C19H23F6NO. The van der Waals surface area contributed by atoms with Crippen LogP contribution in [0.25, 0.3) is 0 Å². The van der Waals surface area contributed by atoms with Gasteiger partial charge in [0.05, 0.1) is 11.5 Å². The molecule has 2 unspecified atom stereocenters. The minimum Gasteiger partial charge on any atom is -0.355 e. The number of alkyl halides is 6. The molecule has 1 saturated carbocycles. The van der Waals surface area contributed by atoms with Crippen LogP contribution in [0.3, 0.4) is 0 Å². The molecule has 0 spiro atoms. The summed E-state index contributed by atoms with van der Waals surface area (Å²) in [5, 5.41) is 2.63. The van der Waals surface area contributed by atoms with Crippen molar-refractivity contribution in [1.29, 1.82) is 0 Å². The lowest BCUT2D eigenvalue weighted by Crippen LogP contribution is -2.42. The Balaban J connectivity index is 2.01. The number of rotatable bonds is 4. The molecule has 1 aliphatic carbocycles. The summed E-state index contributed by atoms with van der Waals surface area (Å²) in [6.07, 6.45) is -8.26. The van der Waals surface area contributed by atoms with Crippen molar-refractivity contribution in [3.05, 3.63) is 35.4 Å². The Morgan fingerprint density at radius 2 is 1.70 bits per heavy atom. The van der Waals surface area contributed by atoms with Crippen molar-refractivity contribution in [2.45, 2.75) is 57.3 Å². The van der Waals surface area contributed by atoms with Gasteiger partial charge in [0.1, 0.15) is 0 Å². The summed E-state index contributed by atoms with van der Waals surface area (Å²) in [5.41, 5.74) is -1.18. The first-order chi connectivity index (χ1) is 12.3. The van der Waals surface area contributed by atoms with Crippen LogP contribution < -0.4 is 5.32 Å². The number of nitrogens with one attached hydrogen (secondary N) is 1. The fourth-order valence-electron chi connectivity index (χ4n) is 3.40. The zero-order chi connectivity index (χ0) is 20.5. The summed E-state index contributed by atoms with van der Waals surface area (Å²) in [7, 11) is 0. The van der Waals surface area contributed by atoms with Crippen molar-refractivity contribution < 1.29 is 31.1 Å². The number of carbonyl (C=O) groups excluding carboxylic acids is 1. The molecule has 0 radical (unpaired) electrons. The van der Waals surface area contributed by atoms with Crippen LogP contribution in [-0.4, -0.2) is 18.6 Å². The molecule has 0 heterocycles. The number of hydrogen-bond acceptors (Lipinski definition) is 1. The van der Waals surface area contributed by atoms with Crippen LogP contribution in [0.15, 0.2) is 24.3 Å². The van der Waals surface area contributed by atoms with Gasteiger partial charge >= 0.3 is 12.4 Å². The van der Waals surface area contributed by atoms with Crippen molar-refractivity contribution in [1.82, 2.24) is 5.32 Å². The van der Waals surface area contributed by atoms with E-state index in [4.69, 9.17) is 0 Å². The van der Waals surface area contributed by atoms with Crippen LogP contribution >= 0.6 is 0 Å². The lowest BCUT2D eigenvalue weighted by molar-refractivity contribution is -0.186. The second kappa shape index (κ2) is 7.72. The maximum absolute atomic E-state index is 12.9. The highest BCUT2D eigenvalue weighted by Gasteiger charge is 2.43. The predicted molar refractivity (Wildman–Crippen MR) is 89.0 cm³/mol. The second-order valence-corrected chi connectivity index (χ2v) is 7.78. The van der Waals surface area contributed by atoms with Gasteiger partial charge in [0.15, 0.2) is 0 Å². The zero-order valence-electron chi connectivity index (χ0n) is 15.2. The molecule has 152 valence electrons. The van der Waals surface area contributed by atoms with E-state index in [2.05, 4.69) is 5.32 Å². The third-order valence-corrected chi connectivity index (χ3v) is 5.18. The Labute approximate surface area is 154 Å². The van der Waals surface area contributed by atoms with Gasteiger partial charge in [0.25, 0.3) is 0 Å². The van der Waals surface area contributed by atoms with E-state index < -0.39 is 41.1 Å². The third-order valence-electron chi connectivity index (χ3n) is 5.18. The highest BCUT2D eigenvalue weighted by Crippen LogP contribution is 2.40. The average Bonchev–Trinajstić information content (AvgIpc) is 2.58. The number of halogens is 6. The maximum atomic E-state index is 12.9. The Kier molecular flexibility index (Phi) is 6.16. The van der Waals surface area contributed by atoms with E-state index in [1.807, 2.05) is 0 Å². The second-order valence-electron chi connectivity index (χ2n) is 7.78. The van der Waals surface area contributed by atoms with Gasteiger partial charge in [-0.3, -0.25) is 4.79 Å². The van der Waals surface area contributed by atoms with Crippen LogP contribution in [-0.2, 0) is 16.4 Å². The molecule has 8 heteroatoms. The van der Waals surface area contributed by atoms with Crippen LogP contribution in [0.5, 0.6) is 0 Å². The van der Waals surface area contributed by atoms with Gasteiger partial charge in [-0.05, 0) is 30.9 Å². The van der Waals surface area contributed by atoms with Crippen molar-refractivity contribution >= 4 is 5.91 Å². The highest BCUT2D eigenvalue weighted by molar-refractivity contribution is 5.78. The first-order valence-electron chi connectivity index (χ1n) is 8.83. The van der Waals surface area contributed by atoms with Crippen LogP contribution in [0.1, 0.15) is 50.7 Å². The van der Waals surface area contributed by atoms with E-state index in [0.29, 0.717) is 18.4 Å². The smallest absolute Gasteiger partial charge is 0.355 e. The van der Waals surface area contributed by atoms with Gasteiger partial charge in [-0.25, -0.2) is 0 Å². The molecule has 0 saturated heterocycles. The molecule has 1 fully saturated rings. The lowest BCUT2D eigenvalue weighted by Gasteiger charge is -2.31. The zero-order valence-corrected chi connectivity index (χ0v) is 15.2. The fraction of sp³-hybridized carbons (Fsp3) is 0.632. The maximum Gasteiger partial charge on any atom is 0.416 e. The Morgan fingerprint density at radius 3 is 2.30 bits per heavy atom. The first kappa shape index (κ1) is 21.6. The minimum atomic E-state index is -4.47. The first-order valence-corrected chi connectivity index (χ1v) is 8.83. The highest BCUT2D eigenvalue weighted by atomic mass is 19.4. The summed E-state index contributed by atoms with van der Waals surface area (Å²) in [6, 6.07) is 4.85. The van der Waals surface area contributed by atoms with E-state index >= 15 is 0 Å². The van der Waals surface area contributed by atoms with Crippen molar-refractivity contribution in [2.24, 2.45) is 11.8 Å². The fourth-order valence-corrected chi connectivity index (χ4v) is 3.40. The molecule has 1 aliphatic rings. The van der Waals surface area contributed by atoms with Gasteiger partial charge < -0.3 is 5.32 Å². The molecule has 0 aromatic heterocycles. The van der Waals surface area contributed by atoms with Crippen molar-refractivity contribution in [3.8, 4) is 0 Å². The van der Waals surface area contributed by atoms with Gasteiger partial charge in [-0.1, -0.05) is 38.5 Å². The summed E-state index contributed by atoms with van der Waals surface area (Å²) in [6.45, 7) is 3.41. The van der Waals surface area contributed by atoms with Gasteiger partial charge in [0, 0.05) is 17.9 Å². The van der Waals surface area contributed by atoms with Gasteiger partial charge in [0.2, 0.25) is 5.91 Å². The molecule has 0 bridgehead atoms. The third kappa shape index (κ3) is 5.62. The molecular weight excluding hydrogens is 372 g/mol. The van der Waals surface area contributed by atoms with Crippen LogP contribution in [0.2, 0.25) is 0 Å². The summed E-state index contributed by atoms with van der Waals surface area (Å²) in [4.78, 5) is 12.3. The monoisotopic (exact) mass is 395 g/mol. The normalized spacial score (nSPS) is 21.8. The number of amides is 1. The molecule has 2 nitrogen and oxygen atoms in total. The van der Waals surface area contributed by atoms with E-state index in [1.54, 1.807) is 19.9 Å². The molecule has 0 aliphatic heterocycles. The van der Waals surface area contributed by atoms with E-state index in [9.17, 15) is 31.1 Å².